The lowest BCUT2D eigenvalue weighted by Crippen LogP contribution is -2.41. The Bertz CT molecular complexity index is 1360. The summed E-state index contributed by atoms with van der Waals surface area (Å²) >= 11 is 1.61. The molecule has 0 aliphatic heterocycles. The number of para-hydroxylation sites is 1. The van der Waals surface area contributed by atoms with E-state index in [1.54, 1.807) is 42.5 Å². The molecule has 2 N–H and O–H groups in total. The molecule has 4 rings (SSSR count). The molecule has 0 bridgehead atoms. The first-order valence-electron chi connectivity index (χ1n) is 10.1. The number of rotatable bonds is 6. The van der Waals surface area contributed by atoms with Crippen molar-refractivity contribution < 1.29 is 13.2 Å². The van der Waals surface area contributed by atoms with Crippen LogP contribution in [0.4, 0.5) is 5.69 Å². The summed E-state index contributed by atoms with van der Waals surface area (Å²) in [5, 5.41) is 3.67. The first-order chi connectivity index (χ1) is 15.2. The van der Waals surface area contributed by atoms with Crippen molar-refractivity contribution >= 4 is 43.2 Å². The van der Waals surface area contributed by atoms with E-state index in [2.05, 4.69) is 15.0 Å². The van der Waals surface area contributed by atoms with Gasteiger partial charge < -0.3 is 5.32 Å². The minimum Gasteiger partial charge on any atom is -0.325 e. The van der Waals surface area contributed by atoms with Crippen molar-refractivity contribution in [3.05, 3.63) is 77.9 Å². The van der Waals surface area contributed by atoms with Crippen molar-refractivity contribution in [1.29, 1.82) is 0 Å². The molecule has 0 fully saturated rings. The third-order valence-corrected chi connectivity index (χ3v) is 7.82. The number of hydrogen-bond acceptors (Lipinski definition) is 5. The number of sulfonamides is 1. The van der Waals surface area contributed by atoms with E-state index in [4.69, 9.17) is 0 Å². The Hall–Kier alpha value is -3.07. The van der Waals surface area contributed by atoms with Crippen LogP contribution in [0.15, 0.2) is 71.6 Å². The van der Waals surface area contributed by atoms with Gasteiger partial charge in [-0.15, -0.1) is 11.3 Å². The number of carbonyl (C=O) groups is 1. The third kappa shape index (κ3) is 4.72. The highest BCUT2D eigenvalue weighted by atomic mass is 32.2. The van der Waals surface area contributed by atoms with Crippen molar-refractivity contribution in [2.75, 3.05) is 5.32 Å². The molecule has 0 aliphatic carbocycles. The zero-order chi connectivity index (χ0) is 22.9. The predicted octanol–water partition coefficient (Wildman–Crippen LogP) is 4.89. The molecule has 164 valence electrons. The number of hydrogen-bond donors (Lipinski definition) is 2. The quantitative estimate of drug-likeness (QED) is 0.425. The number of fused-ring (bicyclic) bond motifs is 1. The summed E-state index contributed by atoms with van der Waals surface area (Å²) in [5.41, 5.74) is 3.95. The largest absolute Gasteiger partial charge is 0.325 e. The fraction of sp³-hybridized carbons (Fsp3) is 0.167. The van der Waals surface area contributed by atoms with Crippen LogP contribution in [0.5, 0.6) is 0 Å². The zero-order valence-electron chi connectivity index (χ0n) is 17.9. The van der Waals surface area contributed by atoms with Gasteiger partial charge in [-0.3, -0.25) is 4.79 Å². The number of thiazole rings is 1. The first kappa shape index (κ1) is 22.1. The van der Waals surface area contributed by atoms with E-state index in [9.17, 15) is 13.2 Å². The zero-order valence-corrected chi connectivity index (χ0v) is 19.5. The van der Waals surface area contributed by atoms with Crippen LogP contribution in [0, 0.1) is 13.8 Å². The smallest absolute Gasteiger partial charge is 0.242 e. The molecule has 1 amide bonds. The summed E-state index contributed by atoms with van der Waals surface area (Å²) < 4.78 is 29.1. The lowest BCUT2D eigenvalue weighted by Gasteiger charge is -2.16. The van der Waals surface area contributed by atoms with Gasteiger partial charge in [0.05, 0.1) is 21.2 Å². The van der Waals surface area contributed by atoms with E-state index in [0.717, 1.165) is 26.4 Å². The summed E-state index contributed by atoms with van der Waals surface area (Å²) in [5.74, 6) is -0.438. The molecule has 1 heterocycles. The van der Waals surface area contributed by atoms with Gasteiger partial charge in [-0.2, -0.15) is 4.72 Å². The van der Waals surface area contributed by atoms with Crippen molar-refractivity contribution in [1.82, 2.24) is 9.71 Å². The highest BCUT2D eigenvalue weighted by Gasteiger charge is 2.23. The van der Waals surface area contributed by atoms with Gasteiger partial charge in [0.25, 0.3) is 0 Å². The third-order valence-electron chi connectivity index (χ3n) is 5.05. The molecule has 1 aromatic heterocycles. The maximum atomic E-state index is 12.8. The van der Waals surface area contributed by atoms with E-state index in [1.165, 1.54) is 6.92 Å². The Morgan fingerprint density at radius 1 is 1.00 bits per heavy atom. The maximum absolute atomic E-state index is 12.8. The average molecular weight is 466 g/mol. The van der Waals surface area contributed by atoms with E-state index in [0.29, 0.717) is 11.3 Å². The number of nitrogens with zero attached hydrogens (tertiary/aromatic N) is 1. The van der Waals surface area contributed by atoms with Crippen LogP contribution in [0.25, 0.3) is 20.8 Å². The molecule has 1 atom stereocenters. The van der Waals surface area contributed by atoms with Crippen molar-refractivity contribution in [3.8, 4) is 10.6 Å². The molecular weight excluding hydrogens is 442 g/mol. The fourth-order valence-corrected chi connectivity index (χ4v) is 5.79. The van der Waals surface area contributed by atoms with Crippen LogP contribution < -0.4 is 10.0 Å². The summed E-state index contributed by atoms with van der Waals surface area (Å²) in [6.45, 7) is 5.08. The maximum Gasteiger partial charge on any atom is 0.242 e. The van der Waals surface area contributed by atoms with Gasteiger partial charge in [0, 0.05) is 11.3 Å². The number of amides is 1. The second kappa shape index (κ2) is 8.82. The van der Waals surface area contributed by atoms with E-state index >= 15 is 0 Å². The molecule has 0 saturated heterocycles. The number of carbonyl (C=O) groups excluding carboxylic acids is 1. The second-order valence-electron chi connectivity index (χ2n) is 7.67. The highest BCUT2D eigenvalue weighted by molar-refractivity contribution is 7.89. The number of benzene rings is 3. The molecular formula is C24H23N3O3S2. The van der Waals surface area contributed by atoms with Crippen molar-refractivity contribution in [3.63, 3.8) is 0 Å². The number of aromatic nitrogens is 1. The lowest BCUT2D eigenvalue weighted by molar-refractivity contribution is -0.117. The molecule has 0 spiro atoms. The minimum atomic E-state index is -3.82. The summed E-state index contributed by atoms with van der Waals surface area (Å²) in [6.07, 6.45) is 0. The van der Waals surface area contributed by atoms with E-state index in [1.807, 2.05) is 49.4 Å². The van der Waals surface area contributed by atoms with Crippen LogP contribution in [-0.4, -0.2) is 25.4 Å². The molecule has 8 heteroatoms. The monoisotopic (exact) mass is 465 g/mol. The van der Waals surface area contributed by atoms with Gasteiger partial charge in [0.2, 0.25) is 15.9 Å². The summed E-state index contributed by atoms with van der Waals surface area (Å²) in [7, 11) is -3.82. The SMILES string of the molecule is Cc1ccc(C)c(S(=O)(=O)N[C@H](C)C(=O)Nc2ccc(-c3nc4ccccc4s3)cc2)c1. The Labute approximate surface area is 191 Å². The molecule has 0 unspecified atom stereocenters. The molecule has 32 heavy (non-hydrogen) atoms. The van der Waals surface area contributed by atoms with Crippen LogP contribution in [-0.2, 0) is 14.8 Å². The number of anilines is 1. The highest BCUT2D eigenvalue weighted by Crippen LogP contribution is 2.30. The van der Waals surface area contributed by atoms with Crippen LogP contribution in [0.3, 0.4) is 0 Å². The average Bonchev–Trinajstić information content (AvgIpc) is 3.20. The van der Waals surface area contributed by atoms with Crippen molar-refractivity contribution in [2.24, 2.45) is 0 Å². The minimum absolute atomic E-state index is 0.178. The molecule has 4 aromatic rings. The normalized spacial score (nSPS) is 12.6. The van der Waals surface area contributed by atoms with Crippen molar-refractivity contribution in [2.45, 2.75) is 31.7 Å². The van der Waals surface area contributed by atoms with Gasteiger partial charge in [-0.05, 0) is 74.4 Å². The number of nitrogens with one attached hydrogen (secondary N) is 2. The fourth-order valence-electron chi connectivity index (χ4n) is 3.29. The topological polar surface area (TPSA) is 88.2 Å². The van der Waals surface area contributed by atoms with Gasteiger partial charge in [-0.25, -0.2) is 13.4 Å². The summed E-state index contributed by atoms with van der Waals surface area (Å²) in [6, 6.07) is 19.6. The van der Waals surface area contributed by atoms with Gasteiger partial charge >= 0.3 is 0 Å². The Kier molecular flexibility index (Phi) is 6.10. The standard InChI is InChI=1S/C24H23N3O3S2/c1-15-8-9-16(2)22(14-15)32(29,30)27-17(3)23(28)25-19-12-10-18(11-13-19)24-26-20-6-4-5-7-21(20)31-24/h4-14,17,27H,1-3H3,(H,25,28)/t17-/m1/s1. The van der Waals surface area contributed by atoms with Crippen LogP contribution >= 0.6 is 11.3 Å². The predicted molar refractivity (Wildman–Crippen MR) is 129 cm³/mol. The molecule has 0 aliphatic rings. The second-order valence-corrected chi connectivity index (χ2v) is 10.4. The van der Waals surface area contributed by atoms with E-state index < -0.39 is 22.0 Å². The lowest BCUT2D eigenvalue weighted by atomic mass is 10.2. The van der Waals surface area contributed by atoms with Gasteiger partial charge in [0.15, 0.2) is 0 Å². The van der Waals surface area contributed by atoms with Gasteiger partial charge in [0.1, 0.15) is 5.01 Å². The molecule has 0 saturated carbocycles. The van der Waals surface area contributed by atoms with Crippen LogP contribution in [0.1, 0.15) is 18.1 Å². The molecule has 0 radical (unpaired) electrons. The van der Waals surface area contributed by atoms with Gasteiger partial charge in [-0.1, -0.05) is 24.3 Å². The van der Waals surface area contributed by atoms with Crippen LogP contribution in [0.2, 0.25) is 0 Å². The first-order valence-corrected chi connectivity index (χ1v) is 12.4. The Morgan fingerprint density at radius 3 is 2.44 bits per heavy atom. The Morgan fingerprint density at radius 2 is 1.72 bits per heavy atom. The summed E-state index contributed by atoms with van der Waals surface area (Å²) in [4.78, 5) is 17.4. The molecule has 3 aromatic carbocycles. The number of aryl methyl sites for hydroxylation is 2. The Balaban J connectivity index is 1.44. The van der Waals surface area contributed by atoms with E-state index in [-0.39, 0.29) is 4.90 Å². The molecule has 6 nitrogen and oxygen atoms in total.